The monoisotopic (exact) mass is 351 g/mol. The molecule has 0 fully saturated rings. The molecule has 0 radical (unpaired) electrons. The van der Waals surface area contributed by atoms with Gasteiger partial charge in [0.25, 0.3) is 0 Å². The Kier molecular flexibility index (Phi) is 3.78. The third-order valence-corrected chi connectivity index (χ3v) is 4.20. The van der Waals surface area contributed by atoms with Gasteiger partial charge < -0.3 is 9.73 Å². The molecule has 1 N–H and O–H groups in total. The van der Waals surface area contributed by atoms with Crippen molar-refractivity contribution >= 4 is 26.9 Å². The Hall–Kier alpha value is -1.72. The molecule has 0 saturated carbocycles. The molecular weight excluding hydrogens is 340 g/mol. The highest BCUT2D eigenvalue weighted by Gasteiger charge is 2.20. The van der Waals surface area contributed by atoms with Crippen LogP contribution >= 0.6 is 15.9 Å². The quantitative estimate of drug-likeness (QED) is 0.734. The minimum absolute atomic E-state index is 0.317. The second-order valence-corrected chi connectivity index (χ2v) is 5.49. The lowest BCUT2D eigenvalue weighted by atomic mass is 10.0. The molecule has 3 rings (SSSR count). The van der Waals surface area contributed by atoms with Crippen LogP contribution in [0.5, 0.6) is 0 Å². The predicted octanol–water partition coefficient (Wildman–Crippen LogP) is 4.78. The van der Waals surface area contributed by atoms with Crippen LogP contribution in [0.15, 0.2) is 51.4 Å². The smallest absolute Gasteiger partial charge is 0.137 e. The van der Waals surface area contributed by atoms with E-state index in [0.29, 0.717) is 21.2 Å². The lowest BCUT2D eigenvalue weighted by Gasteiger charge is -2.16. The van der Waals surface area contributed by atoms with Crippen molar-refractivity contribution in [1.29, 1.82) is 0 Å². The van der Waals surface area contributed by atoms with Crippen LogP contribution in [0.1, 0.15) is 17.4 Å². The van der Waals surface area contributed by atoms with Crippen molar-refractivity contribution in [3.8, 4) is 0 Å². The predicted molar refractivity (Wildman–Crippen MR) is 81.2 cm³/mol. The van der Waals surface area contributed by atoms with Gasteiger partial charge in [0.15, 0.2) is 0 Å². The second-order valence-electron chi connectivity index (χ2n) is 4.70. The molecule has 2 nitrogen and oxygen atoms in total. The molecule has 0 bridgehead atoms. The summed E-state index contributed by atoms with van der Waals surface area (Å²) in [5.41, 5.74) is 1.32. The summed E-state index contributed by atoms with van der Waals surface area (Å²) in [4.78, 5) is 0. The van der Waals surface area contributed by atoms with Crippen molar-refractivity contribution in [2.45, 2.75) is 6.04 Å². The first kappa shape index (κ1) is 14.2. The number of fused-ring (bicyclic) bond motifs is 1. The fourth-order valence-electron chi connectivity index (χ4n) is 2.37. The summed E-state index contributed by atoms with van der Waals surface area (Å²) in [6.07, 6.45) is 0. The molecule has 3 aromatic rings. The molecule has 1 aromatic heterocycles. The van der Waals surface area contributed by atoms with Crippen LogP contribution in [0, 0.1) is 11.6 Å². The number of furan rings is 1. The maximum absolute atomic E-state index is 13.7. The van der Waals surface area contributed by atoms with E-state index in [9.17, 15) is 8.78 Å². The Morgan fingerprint density at radius 1 is 1.14 bits per heavy atom. The molecule has 2 aromatic carbocycles. The minimum Gasteiger partial charge on any atom is -0.459 e. The van der Waals surface area contributed by atoms with Gasteiger partial charge in [-0.1, -0.05) is 12.1 Å². The van der Waals surface area contributed by atoms with Crippen molar-refractivity contribution in [3.05, 3.63) is 69.9 Å². The van der Waals surface area contributed by atoms with E-state index in [-0.39, 0.29) is 17.7 Å². The lowest BCUT2D eigenvalue weighted by Crippen LogP contribution is -2.17. The van der Waals surface area contributed by atoms with Crippen LogP contribution < -0.4 is 5.32 Å². The number of rotatable bonds is 3. The third-order valence-electron chi connectivity index (χ3n) is 3.36. The van der Waals surface area contributed by atoms with Crippen LogP contribution in [0.25, 0.3) is 11.0 Å². The fourth-order valence-corrected chi connectivity index (χ4v) is 2.86. The van der Waals surface area contributed by atoms with Crippen molar-refractivity contribution in [2.24, 2.45) is 0 Å². The molecular formula is C16H12BrF2NO. The number of halogens is 3. The van der Waals surface area contributed by atoms with Crippen LogP contribution in [-0.4, -0.2) is 7.05 Å². The van der Waals surface area contributed by atoms with Crippen molar-refractivity contribution < 1.29 is 13.2 Å². The van der Waals surface area contributed by atoms with Crippen molar-refractivity contribution in [1.82, 2.24) is 5.32 Å². The zero-order valence-corrected chi connectivity index (χ0v) is 12.7. The molecule has 0 aliphatic carbocycles. The number of nitrogens with one attached hydrogen (secondary N) is 1. The van der Waals surface area contributed by atoms with Gasteiger partial charge >= 0.3 is 0 Å². The average molecular weight is 352 g/mol. The molecule has 1 atom stereocenters. The maximum Gasteiger partial charge on any atom is 0.137 e. The van der Waals surface area contributed by atoms with Gasteiger partial charge in [-0.25, -0.2) is 8.78 Å². The third kappa shape index (κ3) is 2.59. The van der Waals surface area contributed by atoms with E-state index in [2.05, 4.69) is 21.2 Å². The highest BCUT2D eigenvalue weighted by molar-refractivity contribution is 9.10. The maximum atomic E-state index is 13.7. The van der Waals surface area contributed by atoms with Crippen molar-refractivity contribution in [3.63, 3.8) is 0 Å². The van der Waals surface area contributed by atoms with Crippen LogP contribution in [0.4, 0.5) is 8.78 Å². The molecule has 5 heteroatoms. The molecule has 0 amide bonds. The fraction of sp³-hybridized carbons (Fsp3) is 0.125. The van der Waals surface area contributed by atoms with Crippen molar-refractivity contribution in [2.75, 3.05) is 7.05 Å². The van der Waals surface area contributed by atoms with E-state index in [1.165, 1.54) is 18.2 Å². The SMILES string of the molecule is CNC(c1cc2cc(F)ccc2o1)c1cccc(F)c1Br. The summed E-state index contributed by atoms with van der Waals surface area (Å²) in [7, 11) is 1.76. The average Bonchev–Trinajstić information content (AvgIpc) is 2.87. The Labute approximate surface area is 128 Å². The van der Waals surface area contributed by atoms with E-state index < -0.39 is 0 Å². The van der Waals surface area contributed by atoms with Crippen LogP contribution in [-0.2, 0) is 0 Å². The van der Waals surface area contributed by atoms with Gasteiger partial charge in [0.2, 0.25) is 0 Å². The molecule has 108 valence electrons. The first-order valence-electron chi connectivity index (χ1n) is 6.40. The van der Waals surface area contributed by atoms with E-state index in [0.717, 1.165) is 5.56 Å². The second kappa shape index (κ2) is 5.58. The van der Waals surface area contributed by atoms with E-state index >= 15 is 0 Å². The normalized spacial score (nSPS) is 12.8. The van der Waals surface area contributed by atoms with E-state index in [4.69, 9.17) is 4.42 Å². The first-order valence-corrected chi connectivity index (χ1v) is 7.19. The molecule has 21 heavy (non-hydrogen) atoms. The summed E-state index contributed by atoms with van der Waals surface area (Å²) in [6, 6.07) is 10.6. The summed E-state index contributed by atoms with van der Waals surface area (Å²) in [6.45, 7) is 0. The summed E-state index contributed by atoms with van der Waals surface area (Å²) >= 11 is 3.26. The zero-order valence-electron chi connectivity index (χ0n) is 11.2. The largest absolute Gasteiger partial charge is 0.459 e. The summed E-state index contributed by atoms with van der Waals surface area (Å²) < 4.78 is 33.1. The zero-order chi connectivity index (χ0) is 15.0. The highest BCUT2D eigenvalue weighted by Crippen LogP contribution is 2.33. The van der Waals surface area contributed by atoms with Gasteiger partial charge in [-0.2, -0.15) is 0 Å². The Morgan fingerprint density at radius 3 is 2.71 bits per heavy atom. The van der Waals surface area contributed by atoms with Gasteiger partial charge in [-0.3, -0.25) is 0 Å². The number of hydrogen-bond donors (Lipinski definition) is 1. The standard InChI is InChI=1S/C16H12BrF2NO/c1-20-16(11-3-2-4-12(19)15(11)17)14-8-9-7-10(18)5-6-13(9)21-14/h2-8,16,20H,1H3. The van der Waals surface area contributed by atoms with E-state index in [1.54, 1.807) is 25.2 Å². The molecule has 0 aliphatic rings. The number of hydrogen-bond acceptors (Lipinski definition) is 2. The topological polar surface area (TPSA) is 25.2 Å². The summed E-state index contributed by atoms with van der Waals surface area (Å²) in [5.74, 6) is -0.0536. The lowest BCUT2D eigenvalue weighted by molar-refractivity contribution is 0.488. The summed E-state index contributed by atoms with van der Waals surface area (Å²) in [5, 5.41) is 3.77. The van der Waals surface area contributed by atoms with Crippen LogP contribution in [0.3, 0.4) is 0 Å². The molecule has 0 aliphatic heterocycles. The molecule has 0 saturated heterocycles. The highest BCUT2D eigenvalue weighted by atomic mass is 79.9. The van der Waals surface area contributed by atoms with E-state index in [1.807, 2.05) is 6.07 Å². The Balaban J connectivity index is 2.11. The van der Waals surface area contributed by atoms with Gasteiger partial charge in [-0.05, 0) is 58.9 Å². The van der Waals surface area contributed by atoms with Gasteiger partial charge in [0.05, 0.1) is 10.5 Å². The first-order chi connectivity index (χ1) is 10.1. The Morgan fingerprint density at radius 2 is 1.95 bits per heavy atom. The molecule has 0 spiro atoms. The number of benzene rings is 2. The van der Waals surface area contributed by atoms with Gasteiger partial charge in [0, 0.05) is 5.39 Å². The van der Waals surface area contributed by atoms with Gasteiger partial charge in [-0.15, -0.1) is 0 Å². The molecule has 1 heterocycles. The molecule has 1 unspecified atom stereocenters. The van der Waals surface area contributed by atoms with Crippen LogP contribution in [0.2, 0.25) is 0 Å². The Bertz CT molecular complexity index is 800. The minimum atomic E-state index is -0.338. The van der Waals surface area contributed by atoms with Gasteiger partial charge in [0.1, 0.15) is 23.0 Å².